The van der Waals surface area contributed by atoms with Crippen molar-refractivity contribution in [1.82, 2.24) is 0 Å². The van der Waals surface area contributed by atoms with Crippen LogP contribution in [-0.2, 0) is 0 Å². The fraction of sp³-hybridized carbons (Fsp3) is 0.538. The summed E-state index contributed by atoms with van der Waals surface area (Å²) in [6, 6.07) is 2.06. The Bertz CT molecular complexity index is 409. The van der Waals surface area contributed by atoms with Gasteiger partial charge in [-0.25, -0.2) is 8.78 Å². The lowest BCUT2D eigenvalue weighted by Gasteiger charge is -2.41. The molecule has 1 aliphatic carbocycles. The standard InChI is InChI=1S/C13H18F2N2/c1-2-13(4-3-5-13)8-17-11-7-9(14)6-10(15)12(11)16/h6-7,17H,2-5,8,16H2,1H3. The number of nitrogens with two attached hydrogens (primary N) is 1. The van der Waals surface area contributed by atoms with Crippen molar-refractivity contribution in [2.24, 2.45) is 5.41 Å². The van der Waals surface area contributed by atoms with E-state index in [9.17, 15) is 8.78 Å². The van der Waals surface area contributed by atoms with Gasteiger partial charge < -0.3 is 11.1 Å². The molecule has 2 rings (SSSR count). The Morgan fingerprint density at radius 2 is 2.06 bits per heavy atom. The van der Waals surface area contributed by atoms with Gasteiger partial charge in [0, 0.05) is 12.6 Å². The summed E-state index contributed by atoms with van der Waals surface area (Å²) in [6.07, 6.45) is 4.67. The number of rotatable bonds is 4. The molecule has 0 aromatic heterocycles. The van der Waals surface area contributed by atoms with E-state index in [1.54, 1.807) is 0 Å². The highest BCUT2D eigenvalue weighted by Gasteiger charge is 2.34. The first-order valence-corrected chi connectivity index (χ1v) is 6.05. The maximum atomic E-state index is 13.2. The molecule has 0 radical (unpaired) electrons. The third-order valence-corrected chi connectivity index (χ3v) is 3.91. The van der Waals surface area contributed by atoms with Gasteiger partial charge in [0.2, 0.25) is 0 Å². The fourth-order valence-corrected chi connectivity index (χ4v) is 2.35. The molecule has 1 aromatic rings. The topological polar surface area (TPSA) is 38.0 Å². The summed E-state index contributed by atoms with van der Waals surface area (Å²) in [5.74, 6) is -1.30. The smallest absolute Gasteiger partial charge is 0.151 e. The summed E-state index contributed by atoms with van der Waals surface area (Å²) < 4.78 is 26.3. The van der Waals surface area contributed by atoms with Crippen LogP contribution >= 0.6 is 0 Å². The van der Waals surface area contributed by atoms with Crippen LogP contribution in [0.3, 0.4) is 0 Å². The van der Waals surface area contributed by atoms with E-state index in [0.29, 0.717) is 5.69 Å². The Morgan fingerprint density at radius 1 is 1.35 bits per heavy atom. The maximum Gasteiger partial charge on any atom is 0.151 e. The van der Waals surface area contributed by atoms with Gasteiger partial charge in [-0.2, -0.15) is 0 Å². The SMILES string of the molecule is CCC1(CNc2cc(F)cc(F)c2N)CCC1. The van der Waals surface area contributed by atoms with E-state index in [2.05, 4.69) is 12.2 Å². The predicted molar refractivity (Wildman–Crippen MR) is 65.8 cm³/mol. The summed E-state index contributed by atoms with van der Waals surface area (Å²) in [7, 11) is 0. The van der Waals surface area contributed by atoms with E-state index in [1.165, 1.54) is 25.3 Å². The highest BCUT2D eigenvalue weighted by atomic mass is 19.1. The summed E-state index contributed by atoms with van der Waals surface area (Å²) in [6.45, 7) is 2.88. The zero-order valence-electron chi connectivity index (χ0n) is 10.0. The van der Waals surface area contributed by atoms with Crippen molar-refractivity contribution in [3.63, 3.8) is 0 Å². The molecule has 0 aliphatic heterocycles. The van der Waals surface area contributed by atoms with Crippen LogP contribution in [0.25, 0.3) is 0 Å². The number of nitrogen functional groups attached to an aromatic ring is 1. The second-order valence-electron chi connectivity index (χ2n) is 4.91. The van der Waals surface area contributed by atoms with Gasteiger partial charge in [0.1, 0.15) is 5.82 Å². The van der Waals surface area contributed by atoms with Gasteiger partial charge in [0.15, 0.2) is 5.82 Å². The number of halogens is 2. The Balaban J connectivity index is 2.08. The number of anilines is 2. The second kappa shape index (κ2) is 4.51. The molecule has 0 spiro atoms. The molecule has 1 fully saturated rings. The molecular weight excluding hydrogens is 222 g/mol. The lowest BCUT2D eigenvalue weighted by molar-refractivity contribution is 0.145. The fourth-order valence-electron chi connectivity index (χ4n) is 2.35. The highest BCUT2D eigenvalue weighted by molar-refractivity contribution is 5.66. The third kappa shape index (κ3) is 2.35. The van der Waals surface area contributed by atoms with Crippen molar-refractivity contribution in [3.05, 3.63) is 23.8 Å². The minimum atomic E-state index is -0.702. The molecule has 17 heavy (non-hydrogen) atoms. The summed E-state index contributed by atoms with van der Waals surface area (Å²) in [5.41, 5.74) is 6.22. The average Bonchev–Trinajstić information content (AvgIpc) is 2.23. The van der Waals surface area contributed by atoms with Crippen LogP contribution in [0.5, 0.6) is 0 Å². The van der Waals surface area contributed by atoms with E-state index >= 15 is 0 Å². The Hall–Kier alpha value is -1.32. The minimum Gasteiger partial charge on any atom is -0.395 e. The Morgan fingerprint density at radius 3 is 2.59 bits per heavy atom. The molecule has 2 nitrogen and oxygen atoms in total. The lowest BCUT2D eigenvalue weighted by Crippen LogP contribution is -2.36. The first kappa shape index (κ1) is 12.1. The molecule has 1 aromatic carbocycles. The van der Waals surface area contributed by atoms with Gasteiger partial charge in [-0.1, -0.05) is 13.3 Å². The van der Waals surface area contributed by atoms with Crippen LogP contribution in [0.2, 0.25) is 0 Å². The van der Waals surface area contributed by atoms with E-state index in [1.807, 2.05) is 0 Å². The third-order valence-electron chi connectivity index (χ3n) is 3.91. The van der Waals surface area contributed by atoms with Crippen molar-refractivity contribution in [1.29, 1.82) is 0 Å². The maximum absolute atomic E-state index is 13.2. The van der Waals surface area contributed by atoms with Crippen LogP contribution in [-0.4, -0.2) is 6.54 Å². The van der Waals surface area contributed by atoms with Crippen molar-refractivity contribution in [3.8, 4) is 0 Å². The van der Waals surface area contributed by atoms with Gasteiger partial charge in [-0.15, -0.1) is 0 Å². The van der Waals surface area contributed by atoms with Crippen LogP contribution in [0.4, 0.5) is 20.2 Å². The van der Waals surface area contributed by atoms with Crippen molar-refractivity contribution < 1.29 is 8.78 Å². The molecule has 0 atom stereocenters. The minimum absolute atomic E-state index is 0.00280. The van der Waals surface area contributed by atoms with Crippen LogP contribution < -0.4 is 11.1 Å². The second-order valence-corrected chi connectivity index (χ2v) is 4.91. The molecule has 4 heteroatoms. The molecule has 94 valence electrons. The van der Waals surface area contributed by atoms with Crippen LogP contribution in [0.15, 0.2) is 12.1 Å². The van der Waals surface area contributed by atoms with E-state index in [-0.39, 0.29) is 11.1 Å². The molecule has 1 aliphatic rings. The number of hydrogen-bond donors (Lipinski definition) is 2. The molecule has 3 N–H and O–H groups in total. The zero-order valence-corrected chi connectivity index (χ0v) is 10.0. The summed E-state index contributed by atoms with van der Waals surface area (Å²) >= 11 is 0. The van der Waals surface area contributed by atoms with Crippen molar-refractivity contribution >= 4 is 11.4 Å². The number of hydrogen-bond acceptors (Lipinski definition) is 2. The molecule has 0 bridgehead atoms. The number of benzene rings is 1. The highest BCUT2D eigenvalue weighted by Crippen LogP contribution is 2.44. The van der Waals surface area contributed by atoms with Crippen LogP contribution in [0, 0.1) is 17.0 Å². The van der Waals surface area contributed by atoms with Crippen molar-refractivity contribution in [2.45, 2.75) is 32.6 Å². The summed E-state index contributed by atoms with van der Waals surface area (Å²) in [5, 5.41) is 3.08. The van der Waals surface area contributed by atoms with Crippen LogP contribution in [0.1, 0.15) is 32.6 Å². The molecule has 0 amide bonds. The molecule has 0 heterocycles. The molecule has 0 saturated heterocycles. The average molecular weight is 240 g/mol. The van der Waals surface area contributed by atoms with Crippen molar-refractivity contribution in [2.75, 3.05) is 17.6 Å². The van der Waals surface area contributed by atoms with Gasteiger partial charge in [-0.3, -0.25) is 0 Å². The lowest BCUT2D eigenvalue weighted by atomic mass is 9.67. The zero-order chi connectivity index (χ0) is 12.5. The molecule has 1 saturated carbocycles. The summed E-state index contributed by atoms with van der Waals surface area (Å²) in [4.78, 5) is 0. The Labute approximate surface area is 100 Å². The largest absolute Gasteiger partial charge is 0.395 e. The molecule has 0 unspecified atom stereocenters. The van der Waals surface area contributed by atoms with E-state index in [0.717, 1.165) is 19.0 Å². The monoisotopic (exact) mass is 240 g/mol. The van der Waals surface area contributed by atoms with Gasteiger partial charge >= 0.3 is 0 Å². The first-order valence-electron chi connectivity index (χ1n) is 6.05. The first-order chi connectivity index (χ1) is 8.06. The Kier molecular flexibility index (Phi) is 3.22. The van der Waals surface area contributed by atoms with Gasteiger partial charge in [0.25, 0.3) is 0 Å². The van der Waals surface area contributed by atoms with Gasteiger partial charge in [-0.05, 0) is 30.7 Å². The quantitative estimate of drug-likeness (QED) is 0.790. The van der Waals surface area contributed by atoms with E-state index < -0.39 is 11.6 Å². The van der Waals surface area contributed by atoms with E-state index in [4.69, 9.17) is 5.73 Å². The molecular formula is C13H18F2N2. The van der Waals surface area contributed by atoms with Gasteiger partial charge in [0.05, 0.1) is 11.4 Å². The number of nitrogens with one attached hydrogen (secondary N) is 1. The normalized spacial score (nSPS) is 17.6. The predicted octanol–water partition coefficient (Wildman–Crippen LogP) is 3.54.